The van der Waals surface area contributed by atoms with Gasteiger partial charge in [-0.15, -0.1) is 0 Å². The molecule has 318 valence electrons. The average molecular weight is 832 g/mol. The van der Waals surface area contributed by atoms with Gasteiger partial charge >= 0.3 is 24.2 Å². The zero-order chi connectivity index (χ0) is 43.0. The summed E-state index contributed by atoms with van der Waals surface area (Å²) in [6.07, 6.45) is -2.29. The summed E-state index contributed by atoms with van der Waals surface area (Å²) < 4.78 is 17.0. The lowest BCUT2D eigenvalue weighted by Crippen LogP contribution is -2.69. The molecule has 1 aliphatic carbocycles. The maximum Gasteiger partial charge on any atom is 0.429 e. The molecule has 0 aromatic heterocycles. The number of rotatable bonds is 11. The summed E-state index contributed by atoms with van der Waals surface area (Å²) in [4.78, 5) is 83.8. The van der Waals surface area contributed by atoms with Crippen molar-refractivity contribution in [3.05, 3.63) is 131 Å². The molecule has 5 amide bonds. The number of ether oxygens (including phenoxy) is 3. The molecule has 15 heteroatoms. The fourth-order valence-corrected chi connectivity index (χ4v) is 8.19. The van der Waals surface area contributed by atoms with E-state index in [1.807, 2.05) is 60.7 Å². The van der Waals surface area contributed by atoms with Crippen LogP contribution in [0.2, 0.25) is 0 Å². The number of carbonyl (C=O) groups excluding carboxylic acids is 5. The van der Waals surface area contributed by atoms with Crippen LogP contribution in [0, 0.1) is 5.92 Å². The number of nitrogens with zero attached hydrogens (tertiary/aromatic N) is 4. The molecule has 3 atom stereocenters. The van der Waals surface area contributed by atoms with Gasteiger partial charge in [-0.25, -0.2) is 39.2 Å². The van der Waals surface area contributed by atoms with Crippen LogP contribution in [0.3, 0.4) is 0 Å². The Morgan fingerprint density at radius 1 is 0.639 bits per heavy atom. The fourth-order valence-electron chi connectivity index (χ4n) is 8.19. The number of benzene rings is 4. The van der Waals surface area contributed by atoms with E-state index in [0.29, 0.717) is 11.1 Å². The maximum absolute atomic E-state index is 15.0. The predicted molar refractivity (Wildman–Crippen MR) is 221 cm³/mol. The van der Waals surface area contributed by atoms with E-state index in [1.165, 1.54) is 0 Å². The third-order valence-electron chi connectivity index (χ3n) is 11.2. The number of carboxylic acids is 1. The third kappa shape index (κ3) is 9.30. The van der Waals surface area contributed by atoms with Crippen LogP contribution in [0.15, 0.2) is 109 Å². The fraction of sp³-hybridized carbons (Fsp3) is 0.348. The number of amides is 5. The Morgan fingerprint density at radius 3 is 1.62 bits per heavy atom. The van der Waals surface area contributed by atoms with Crippen molar-refractivity contribution in [2.24, 2.45) is 5.92 Å². The van der Waals surface area contributed by atoms with Gasteiger partial charge < -0.3 is 24.6 Å². The number of alkyl carbamates (subject to hydrolysis) is 1. The molecule has 0 unspecified atom stereocenters. The van der Waals surface area contributed by atoms with Crippen LogP contribution in [0.4, 0.5) is 14.4 Å². The monoisotopic (exact) mass is 831 g/mol. The highest BCUT2D eigenvalue weighted by Crippen LogP contribution is 2.44. The summed E-state index contributed by atoms with van der Waals surface area (Å²) in [6, 6.07) is 29.2. The second kappa shape index (κ2) is 19.0. The standard InChI is InChI=1S/C46H49N5O10/c1-30(2)40(47-44(56)59-29-37-35-21-11-9-19-33(35)34-20-10-12-22-36(34)37)42(53)50-38(23-13-25-48(50)45(57)60-27-31-15-5-3-6-16-31)41(52)51-39(43(54)55)24-14-26-49(51)46(58)61-28-32-17-7-4-8-18-32/h3-12,15-22,30,37-40H,13-14,23-29H2,1-2H3,(H,47,56)(H,54,55)/t38-,39+,40+/m0/s1. The second-order valence-electron chi connectivity index (χ2n) is 15.5. The predicted octanol–water partition coefficient (Wildman–Crippen LogP) is 6.72. The van der Waals surface area contributed by atoms with Crippen molar-refractivity contribution in [3.8, 4) is 11.1 Å². The summed E-state index contributed by atoms with van der Waals surface area (Å²) in [5.41, 5.74) is 5.45. The topological polar surface area (TPSA) is 175 Å². The van der Waals surface area contributed by atoms with Crippen LogP contribution < -0.4 is 5.32 Å². The number of carboxylic acid groups (broad SMARTS) is 1. The van der Waals surface area contributed by atoms with E-state index >= 15 is 0 Å². The molecule has 7 rings (SSSR count). The average Bonchev–Trinajstić information content (AvgIpc) is 3.61. The molecule has 2 fully saturated rings. The van der Waals surface area contributed by atoms with E-state index in [4.69, 9.17) is 14.2 Å². The molecule has 0 bridgehead atoms. The highest BCUT2D eigenvalue weighted by atomic mass is 16.6. The molecular formula is C46H49N5O10. The molecule has 2 aliphatic heterocycles. The van der Waals surface area contributed by atoms with Crippen LogP contribution in [-0.2, 0) is 41.8 Å². The van der Waals surface area contributed by atoms with Gasteiger partial charge in [0.25, 0.3) is 11.8 Å². The van der Waals surface area contributed by atoms with Crippen molar-refractivity contribution < 1.29 is 48.1 Å². The molecule has 15 nitrogen and oxygen atoms in total. The van der Waals surface area contributed by atoms with E-state index in [9.17, 15) is 33.9 Å². The summed E-state index contributed by atoms with van der Waals surface area (Å²) in [6.45, 7) is 3.01. The van der Waals surface area contributed by atoms with Crippen molar-refractivity contribution in [2.75, 3.05) is 19.7 Å². The van der Waals surface area contributed by atoms with Crippen molar-refractivity contribution in [1.82, 2.24) is 25.4 Å². The molecule has 0 spiro atoms. The van der Waals surface area contributed by atoms with Crippen molar-refractivity contribution in [2.45, 2.75) is 76.8 Å². The first kappa shape index (κ1) is 42.2. The quantitative estimate of drug-likeness (QED) is 0.154. The van der Waals surface area contributed by atoms with E-state index in [1.54, 1.807) is 62.4 Å². The van der Waals surface area contributed by atoms with E-state index in [-0.39, 0.29) is 64.5 Å². The Labute approximate surface area is 353 Å². The third-order valence-corrected chi connectivity index (χ3v) is 11.2. The first-order chi connectivity index (χ1) is 29.5. The molecule has 0 saturated carbocycles. The molecular weight excluding hydrogens is 783 g/mol. The van der Waals surface area contributed by atoms with Crippen LogP contribution in [0.1, 0.15) is 67.7 Å². The van der Waals surface area contributed by atoms with E-state index < -0.39 is 60.1 Å². The molecule has 4 aromatic rings. The van der Waals surface area contributed by atoms with Gasteiger partial charge in [0.2, 0.25) is 0 Å². The summed E-state index contributed by atoms with van der Waals surface area (Å²) >= 11 is 0. The second-order valence-corrected chi connectivity index (χ2v) is 15.5. The van der Waals surface area contributed by atoms with E-state index in [0.717, 1.165) is 42.3 Å². The Kier molecular flexibility index (Phi) is 13.2. The normalized spacial score (nSPS) is 17.8. The first-order valence-corrected chi connectivity index (χ1v) is 20.5. The lowest BCUT2D eigenvalue weighted by Gasteiger charge is -2.48. The Morgan fingerprint density at radius 2 is 1.11 bits per heavy atom. The molecule has 2 N–H and O–H groups in total. The maximum atomic E-state index is 15.0. The Balaban J connectivity index is 1.15. The number of nitrogens with one attached hydrogen (secondary N) is 1. The molecule has 3 aliphatic rings. The van der Waals surface area contributed by atoms with Gasteiger partial charge in [0.1, 0.15) is 31.9 Å². The molecule has 2 heterocycles. The van der Waals surface area contributed by atoms with Gasteiger partial charge in [0.15, 0.2) is 6.04 Å². The minimum Gasteiger partial charge on any atom is -0.480 e. The lowest BCUT2D eigenvalue weighted by atomic mass is 9.98. The minimum atomic E-state index is -1.49. The first-order valence-electron chi connectivity index (χ1n) is 20.5. The van der Waals surface area contributed by atoms with Crippen LogP contribution in [0.25, 0.3) is 11.1 Å². The van der Waals surface area contributed by atoms with Gasteiger partial charge in [0.05, 0.1) is 0 Å². The summed E-state index contributed by atoms with van der Waals surface area (Å²) in [5.74, 6) is -3.95. The zero-order valence-electron chi connectivity index (χ0n) is 34.1. The Hall–Kier alpha value is -6.90. The van der Waals surface area contributed by atoms with Crippen molar-refractivity contribution in [3.63, 3.8) is 0 Å². The van der Waals surface area contributed by atoms with Crippen LogP contribution in [-0.4, -0.2) is 99.0 Å². The molecule has 2 saturated heterocycles. The van der Waals surface area contributed by atoms with Crippen LogP contribution >= 0.6 is 0 Å². The number of hydrogen-bond acceptors (Lipinski definition) is 9. The number of hydrazine groups is 2. The van der Waals surface area contributed by atoms with Crippen molar-refractivity contribution >= 4 is 36.1 Å². The van der Waals surface area contributed by atoms with Crippen LogP contribution in [0.5, 0.6) is 0 Å². The smallest absolute Gasteiger partial charge is 0.429 e. The van der Waals surface area contributed by atoms with Gasteiger partial charge in [-0.2, -0.15) is 0 Å². The molecule has 61 heavy (non-hydrogen) atoms. The largest absolute Gasteiger partial charge is 0.480 e. The number of carbonyl (C=O) groups is 6. The van der Waals surface area contributed by atoms with Gasteiger partial charge in [-0.05, 0) is 65.0 Å². The number of fused-ring (bicyclic) bond motifs is 3. The van der Waals surface area contributed by atoms with Crippen molar-refractivity contribution in [1.29, 1.82) is 0 Å². The van der Waals surface area contributed by atoms with Gasteiger partial charge in [-0.3, -0.25) is 9.59 Å². The summed E-state index contributed by atoms with van der Waals surface area (Å²) in [5, 5.41) is 16.8. The number of aliphatic carboxylic acids is 1. The summed E-state index contributed by atoms with van der Waals surface area (Å²) in [7, 11) is 0. The number of hydrogen-bond donors (Lipinski definition) is 2. The lowest BCUT2D eigenvalue weighted by molar-refractivity contribution is -0.186. The van der Waals surface area contributed by atoms with E-state index in [2.05, 4.69) is 5.32 Å². The minimum absolute atomic E-state index is 0.00145. The van der Waals surface area contributed by atoms with Gasteiger partial charge in [-0.1, -0.05) is 123 Å². The van der Waals surface area contributed by atoms with Gasteiger partial charge in [0, 0.05) is 19.0 Å². The highest BCUT2D eigenvalue weighted by Gasteiger charge is 2.50. The molecule has 4 aromatic carbocycles. The Bertz CT molecular complexity index is 2190. The SMILES string of the molecule is CC(C)[C@@H](NC(=O)OCC1c2ccccc2-c2ccccc21)C(=O)N1[C@H](C(=O)N2[C@@H](C(=O)O)CCCN2C(=O)OCc2ccccc2)CCCN1C(=O)OCc1ccccc1. The molecule has 0 radical (unpaired) electrons. The zero-order valence-corrected chi connectivity index (χ0v) is 34.1. The highest BCUT2D eigenvalue weighted by molar-refractivity contribution is 5.95.